The molecule has 0 bridgehead atoms. The second-order valence-electron chi connectivity index (χ2n) is 7.70. The standard InChI is InChI=1S/C24H21ClN6O3S/c1-14-21(25)22(31(30-14)18-6-4-5-16(13-18)23(26)27)24(32)29-17-11-9-15(10-12-17)19-7-2-3-8-20(19)35(28,33)34/h2-13H,1H3,(H3,26,27)(H,29,32)(H2,28,33,34). The number of nitrogen functional groups attached to an aromatic ring is 1. The molecule has 0 radical (unpaired) electrons. The van der Waals surface area contributed by atoms with Crippen molar-refractivity contribution in [3.8, 4) is 16.8 Å². The summed E-state index contributed by atoms with van der Waals surface area (Å²) < 4.78 is 25.2. The van der Waals surface area contributed by atoms with Crippen molar-refractivity contribution in [2.45, 2.75) is 11.8 Å². The predicted molar refractivity (Wildman–Crippen MR) is 136 cm³/mol. The van der Waals surface area contributed by atoms with Crippen LogP contribution in [0.4, 0.5) is 5.69 Å². The van der Waals surface area contributed by atoms with Gasteiger partial charge in [-0.2, -0.15) is 5.10 Å². The number of hydrogen-bond donors (Lipinski definition) is 4. The lowest BCUT2D eigenvalue weighted by molar-refractivity contribution is 0.102. The van der Waals surface area contributed by atoms with Crippen molar-refractivity contribution in [1.82, 2.24) is 9.78 Å². The molecule has 0 spiro atoms. The largest absolute Gasteiger partial charge is 0.384 e. The van der Waals surface area contributed by atoms with Gasteiger partial charge in [-0.05, 0) is 42.8 Å². The van der Waals surface area contributed by atoms with E-state index in [2.05, 4.69) is 10.4 Å². The smallest absolute Gasteiger partial charge is 0.275 e. The number of sulfonamides is 1. The number of amides is 1. The number of benzene rings is 3. The van der Waals surface area contributed by atoms with Gasteiger partial charge in [-0.15, -0.1) is 0 Å². The molecule has 178 valence electrons. The fraction of sp³-hybridized carbons (Fsp3) is 0.0417. The minimum Gasteiger partial charge on any atom is -0.384 e. The Bertz CT molecular complexity index is 1560. The fourth-order valence-electron chi connectivity index (χ4n) is 3.57. The molecule has 0 saturated heterocycles. The van der Waals surface area contributed by atoms with Gasteiger partial charge in [0.25, 0.3) is 5.91 Å². The molecule has 4 rings (SSSR count). The summed E-state index contributed by atoms with van der Waals surface area (Å²) in [6.45, 7) is 1.68. The number of hydrogen-bond acceptors (Lipinski definition) is 5. The van der Waals surface area contributed by atoms with Crippen LogP contribution >= 0.6 is 11.6 Å². The Kier molecular flexibility index (Phi) is 6.44. The maximum absolute atomic E-state index is 13.2. The van der Waals surface area contributed by atoms with Crippen LogP contribution in [0.25, 0.3) is 16.8 Å². The van der Waals surface area contributed by atoms with Crippen molar-refractivity contribution in [2.24, 2.45) is 10.9 Å². The van der Waals surface area contributed by atoms with Crippen molar-refractivity contribution in [1.29, 1.82) is 5.41 Å². The Morgan fingerprint density at radius 2 is 1.74 bits per heavy atom. The van der Waals surface area contributed by atoms with Gasteiger partial charge in [0.15, 0.2) is 5.69 Å². The van der Waals surface area contributed by atoms with Gasteiger partial charge in [-0.3, -0.25) is 10.2 Å². The van der Waals surface area contributed by atoms with E-state index in [4.69, 9.17) is 27.9 Å². The van der Waals surface area contributed by atoms with Crippen LogP contribution in [0.5, 0.6) is 0 Å². The van der Waals surface area contributed by atoms with Gasteiger partial charge >= 0.3 is 0 Å². The first-order chi connectivity index (χ1) is 16.6. The van der Waals surface area contributed by atoms with Crippen LogP contribution in [0, 0.1) is 12.3 Å². The Labute approximate surface area is 206 Å². The third-order valence-electron chi connectivity index (χ3n) is 5.25. The topological polar surface area (TPSA) is 157 Å². The summed E-state index contributed by atoms with van der Waals surface area (Å²) in [5.74, 6) is -0.613. The maximum atomic E-state index is 13.2. The monoisotopic (exact) mass is 508 g/mol. The normalized spacial score (nSPS) is 11.3. The van der Waals surface area contributed by atoms with E-state index in [0.29, 0.717) is 33.8 Å². The molecule has 1 aromatic heterocycles. The van der Waals surface area contributed by atoms with Crippen LogP contribution in [0.3, 0.4) is 0 Å². The molecule has 1 amide bonds. The molecule has 0 unspecified atom stereocenters. The number of carbonyl (C=O) groups is 1. The number of nitrogens with two attached hydrogens (primary N) is 2. The Morgan fingerprint density at radius 1 is 1.06 bits per heavy atom. The minimum atomic E-state index is -3.90. The highest BCUT2D eigenvalue weighted by atomic mass is 35.5. The number of nitrogens with one attached hydrogen (secondary N) is 2. The number of rotatable bonds is 6. The van der Waals surface area contributed by atoms with Gasteiger partial charge in [0.2, 0.25) is 10.0 Å². The first kappa shape index (κ1) is 24.1. The summed E-state index contributed by atoms with van der Waals surface area (Å²) in [5.41, 5.74) is 8.71. The number of aromatic nitrogens is 2. The zero-order valence-corrected chi connectivity index (χ0v) is 20.1. The lowest BCUT2D eigenvalue weighted by Crippen LogP contribution is -2.18. The quantitative estimate of drug-likeness (QED) is 0.231. The molecular weight excluding hydrogens is 488 g/mol. The zero-order chi connectivity index (χ0) is 25.3. The molecule has 0 saturated carbocycles. The SMILES string of the molecule is Cc1nn(-c2cccc(C(=N)N)c2)c(C(=O)Nc2ccc(-c3ccccc3S(N)(=O)=O)cc2)c1Cl. The third kappa shape index (κ3) is 4.94. The van der Waals surface area contributed by atoms with E-state index in [0.717, 1.165) is 0 Å². The molecule has 0 aliphatic carbocycles. The van der Waals surface area contributed by atoms with E-state index < -0.39 is 15.9 Å². The van der Waals surface area contributed by atoms with Gasteiger partial charge in [0.1, 0.15) is 5.84 Å². The summed E-state index contributed by atoms with van der Waals surface area (Å²) in [5, 5.41) is 20.3. The third-order valence-corrected chi connectivity index (χ3v) is 6.67. The van der Waals surface area contributed by atoms with Crippen LogP contribution in [0.2, 0.25) is 5.02 Å². The molecule has 1 heterocycles. The molecule has 9 nitrogen and oxygen atoms in total. The summed E-state index contributed by atoms with van der Waals surface area (Å²) in [6.07, 6.45) is 0. The molecule has 0 fully saturated rings. The van der Waals surface area contributed by atoms with Crippen molar-refractivity contribution in [3.63, 3.8) is 0 Å². The zero-order valence-electron chi connectivity index (χ0n) is 18.5. The van der Waals surface area contributed by atoms with E-state index in [1.54, 1.807) is 73.7 Å². The van der Waals surface area contributed by atoms with Crippen LogP contribution in [-0.2, 0) is 10.0 Å². The summed E-state index contributed by atoms with van der Waals surface area (Å²) in [7, 11) is -3.90. The van der Waals surface area contributed by atoms with Crippen molar-refractivity contribution in [2.75, 3.05) is 5.32 Å². The highest BCUT2D eigenvalue weighted by molar-refractivity contribution is 7.89. The van der Waals surface area contributed by atoms with Crippen LogP contribution in [0.1, 0.15) is 21.7 Å². The Balaban J connectivity index is 1.65. The van der Waals surface area contributed by atoms with Gasteiger partial charge in [0, 0.05) is 16.8 Å². The average Bonchev–Trinajstić information content (AvgIpc) is 3.13. The number of halogens is 1. The maximum Gasteiger partial charge on any atom is 0.275 e. The second-order valence-corrected chi connectivity index (χ2v) is 9.60. The van der Waals surface area contributed by atoms with Crippen LogP contribution < -0.4 is 16.2 Å². The highest BCUT2D eigenvalue weighted by Crippen LogP contribution is 2.29. The molecular formula is C24H21ClN6O3S. The fourth-order valence-corrected chi connectivity index (χ4v) is 4.54. The molecule has 0 atom stereocenters. The molecule has 3 aromatic carbocycles. The van der Waals surface area contributed by atoms with Gasteiger partial charge in [0.05, 0.1) is 21.3 Å². The first-order valence-corrected chi connectivity index (χ1v) is 12.2. The molecule has 0 aliphatic heterocycles. The Hall–Kier alpha value is -3.99. The minimum absolute atomic E-state index is 0.00994. The second kappa shape index (κ2) is 9.34. The van der Waals surface area contributed by atoms with E-state index in [9.17, 15) is 13.2 Å². The molecule has 0 aliphatic rings. The van der Waals surface area contributed by atoms with Gasteiger partial charge in [-0.1, -0.05) is 54.1 Å². The van der Waals surface area contributed by atoms with Crippen LogP contribution in [-0.4, -0.2) is 29.9 Å². The van der Waals surface area contributed by atoms with Crippen molar-refractivity contribution >= 4 is 39.1 Å². The number of anilines is 1. The molecule has 11 heteroatoms. The van der Waals surface area contributed by atoms with Gasteiger partial charge < -0.3 is 11.1 Å². The van der Waals surface area contributed by atoms with Crippen molar-refractivity contribution in [3.05, 3.63) is 94.8 Å². The number of primary sulfonamides is 1. The molecule has 35 heavy (non-hydrogen) atoms. The number of aryl methyl sites for hydroxylation is 1. The van der Waals surface area contributed by atoms with Gasteiger partial charge in [-0.25, -0.2) is 18.2 Å². The van der Waals surface area contributed by atoms with Crippen LogP contribution in [0.15, 0.2) is 77.7 Å². The number of nitrogens with zero attached hydrogens (tertiary/aromatic N) is 2. The number of carbonyl (C=O) groups excluding carboxylic acids is 1. The first-order valence-electron chi connectivity index (χ1n) is 10.3. The summed E-state index contributed by atoms with van der Waals surface area (Å²) in [6, 6.07) is 19.8. The van der Waals surface area contributed by atoms with E-state index in [1.807, 2.05) is 0 Å². The predicted octanol–water partition coefficient (Wildman–Crippen LogP) is 3.68. The summed E-state index contributed by atoms with van der Waals surface area (Å²) >= 11 is 6.41. The number of amidine groups is 1. The van der Waals surface area contributed by atoms with E-state index in [-0.39, 0.29) is 21.4 Å². The lowest BCUT2D eigenvalue weighted by atomic mass is 10.1. The highest BCUT2D eigenvalue weighted by Gasteiger charge is 2.22. The van der Waals surface area contributed by atoms with Crippen molar-refractivity contribution < 1.29 is 13.2 Å². The molecule has 6 N–H and O–H groups in total. The summed E-state index contributed by atoms with van der Waals surface area (Å²) in [4.78, 5) is 13.2. The lowest BCUT2D eigenvalue weighted by Gasteiger charge is -2.11. The Morgan fingerprint density at radius 3 is 2.40 bits per heavy atom. The van der Waals surface area contributed by atoms with E-state index >= 15 is 0 Å². The average molecular weight is 509 g/mol. The molecule has 4 aromatic rings. The van der Waals surface area contributed by atoms with E-state index in [1.165, 1.54) is 10.7 Å².